The van der Waals surface area contributed by atoms with Gasteiger partial charge in [0, 0.05) is 0 Å². The molecule has 1 aromatic heterocycles. The molecule has 0 radical (unpaired) electrons. The number of oxime groups is 1. The van der Waals surface area contributed by atoms with Gasteiger partial charge in [-0.3, -0.25) is 9.59 Å². The number of carbonyl (C=O) groups excluding carboxylic acids is 2. The Balaban J connectivity index is 2.63. The van der Waals surface area contributed by atoms with Crippen molar-refractivity contribution in [2.45, 2.75) is 19.8 Å². The minimum atomic E-state index is -1.61. The van der Waals surface area contributed by atoms with Crippen LogP contribution in [-0.4, -0.2) is 46.0 Å². The average Bonchev–Trinajstić information content (AvgIpc) is 2.59. The van der Waals surface area contributed by atoms with Gasteiger partial charge >= 0.3 is 11.9 Å². The van der Waals surface area contributed by atoms with E-state index >= 15 is 0 Å². The molecule has 9 heteroatoms. The van der Waals surface area contributed by atoms with Gasteiger partial charge in [0.2, 0.25) is 0 Å². The van der Waals surface area contributed by atoms with Gasteiger partial charge in [-0.05, 0) is 26.0 Å². The molecular formula is C16H17N3O6. The van der Waals surface area contributed by atoms with Crippen LogP contribution in [0.25, 0.3) is 11.0 Å². The zero-order chi connectivity index (χ0) is 18.4. The lowest BCUT2D eigenvalue weighted by Crippen LogP contribution is -2.36. The second-order valence-electron chi connectivity index (χ2n) is 4.86. The van der Waals surface area contributed by atoms with Crippen LogP contribution in [-0.2, 0) is 19.1 Å². The highest BCUT2D eigenvalue weighted by Gasteiger charge is 2.37. The number of rotatable bonds is 6. The molecule has 0 amide bonds. The van der Waals surface area contributed by atoms with Crippen LogP contribution >= 0.6 is 0 Å². The summed E-state index contributed by atoms with van der Waals surface area (Å²) < 4.78 is 9.68. The number of aromatic amines is 1. The third-order valence-electron chi connectivity index (χ3n) is 3.29. The van der Waals surface area contributed by atoms with E-state index < -0.39 is 29.1 Å². The molecule has 25 heavy (non-hydrogen) atoms. The second-order valence-corrected chi connectivity index (χ2v) is 4.86. The third-order valence-corrected chi connectivity index (χ3v) is 3.29. The summed E-state index contributed by atoms with van der Waals surface area (Å²) in [6.07, 6.45) is 0. The standard InChI is InChI=1S/C16H17N3O6/c1-3-24-15(21)11(13(19-23)16(22)25-4-2)12-14(20)18-10-8-6-5-7-9(10)17-12/h5-8,11,23H,3-4H2,1-2H3,(H,18,20)/b19-13-/t11-/m0/s1. The highest BCUT2D eigenvalue weighted by Crippen LogP contribution is 2.18. The summed E-state index contributed by atoms with van der Waals surface area (Å²) in [4.78, 5) is 43.4. The van der Waals surface area contributed by atoms with Crippen molar-refractivity contribution in [2.75, 3.05) is 13.2 Å². The van der Waals surface area contributed by atoms with E-state index in [2.05, 4.69) is 15.1 Å². The monoisotopic (exact) mass is 347 g/mol. The summed E-state index contributed by atoms with van der Waals surface area (Å²) >= 11 is 0. The summed E-state index contributed by atoms with van der Waals surface area (Å²) in [6, 6.07) is 6.67. The van der Waals surface area contributed by atoms with Gasteiger partial charge in [-0.15, -0.1) is 0 Å². The highest BCUT2D eigenvalue weighted by molar-refractivity contribution is 6.42. The van der Waals surface area contributed by atoms with Crippen LogP contribution in [0.15, 0.2) is 34.2 Å². The number of carbonyl (C=O) groups is 2. The number of aromatic nitrogens is 2. The van der Waals surface area contributed by atoms with Crippen molar-refractivity contribution in [1.82, 2.24) is 9.97 Å². The van der Waals surface area contributed by atoms with Gasteiger partial charge in [-0.25, -0.2) is 9.78 Å². The van der Waals surface area contributed by atoms with Crippen LogP contribution in [0.1, 0.15) is 25.5 Å². The molecule has 2 rings (SSSR count). The average molecular weight is 347 g/mol. The van der Waals surface area contributed by atoms with E-state index in [1.54, 1.807) is 38.1 Å². The van der Waals surface area contributed by atoms with Crippen LogP contribution in [0.3, 0.4) is 0 Å². The summed E-state index contributed by atoms with van der Waals surface area (Å²) in [7, 11) is 0. The Morgan fingerprint density at radius 1 is 1.24 bits per heavy atom. The number of hydrogen-bond acceptors (Lipinski definition) is 8. The van der Waals surface area contributed by atoms with Crippen molar-refractivity contribution in [3.05, 3.63) is 40.3 Å². The first kappa shape index (κ1) is 18.1. The van der Waals surface area contributed by atoms with Crippen molar-refractivity contribution in [3.8, 4) is 0 Å². The predicted octanol–water partition coefficient (Wildman–Crippen LogP) is 0.963. The molecule has 0 aliphatic heterocycles. The van der Waals surface area contributed by atoms with E-state index in [1.807, 2.05) is 0 Å². The predicted molar refractivity (Wildman–Crippen MR) is 87.6 cm³/mol. The third kappa shape index (κ3) is 3.82. The number of nitrogens with zero attached hydrogens (tertiary/aromatic N) is 2. The molecule has 0 aliphatic carbocycles. The number of benzene rings is 1. The lowest BCUT2D eigenvalue weighted by molar-refractivity contribution is -0.145. The van der Waals surface area contributed by atoms with Crippen LogP contribution in [0, 0.1) is 0 Å². The molecule has 2 N–H and O–H groups in total. The van der Waals surface area contributed by atoms with E-state index in [1.165, 1.54) is 0 Å². The number of ether oxygens (including phenoxy) is 2. The van der Waals surface area contributed by atoms with Crippen LogP contribution in [0.2, 0.25) is 0 Å². The second kappa shape index (κ2) is 8.04. The van der Waals surface area contributed by atoms with Gasteiger partial charge < -0.3 is 19.7 Å². The van der Waals surface area contributed by atoms with Crippen molar-refractivity contribution >= 4 is 28.7 Å². The molecule has 132 valence electrons. The van der Waals surface area contributed by atoms with Crippen LogP contribution in [0.4, 0.5) is 0 Å². The number of nitrogens with one attached hydrogen (secondary N) is 1. The molecule has 0 unspecified atom stereocenters. The maximum atomic E-state index is 12.4. The number of para-hydroxylation sites is 2. The molecular weight excluding hydrogens is 330 g/mol. The lowest BCUT2D eigenvalue weighted by atomic mass is 9.99. The number of H-pyrrole nitrogens is 1. The zero-order valence-corrected chi connectivity index (χ0v) is 13.7. The first-order chi connectivity index (χ1) is 12.0. The van der Waals surface area contributed by atoms with E-state index in [0.29, 0.717) is 11.0 Å². The maximum Gasteiger partial charge on any atom is 0.357 e. The Kier molecular flexibility index (Phi) is 5.83. The molecule has 1 heterocycles. The SMILES string of the molecule is CCOC(=O)/C(=N\O)[C@@H](C(=O)OCC)c1nc2ccccc2[nH]c1=O. The summed E-state index contributed by atoms with van der Waals surface area (Å²) in [6.45, 7) is 3.11. The minimum Gasteiger partial charge on any atom is -0.465 e. The summed E-state index contributed by atoms with van der Waals surface area (Å²) in [5.41, 5.74) is -0.848. The Hall–Kier alpha value is -3.23. The fourth-order valence-corrected chi connectivity index (χ4v) is 2.24. The van der Waals surface area contributed by atoms with Crippen molar-refractivity contribution < 1.29 is 24.3 Å². The first-order valence-electron chi connectivity index (χ1n) is 7.58. The normalized spacial score (nSPS) is 12.6. The fourth-order valence-electron chi connectivity index (χ4n) is 2.24. The molecule has 0 spiro atoms. The van der Waals surface area contributed by atoms with Crippen molar-refractivity contribution in [3.63, 3.8) is 0 Å². The molecule has 1 aromatic carbocycles. The lowest BCUT2D eigenvalue weighted by Gasteiger charge is -2.15. The zero-order valence-electron chi connectivity index (χ0n) is 13.7. The van der Waals surface area contributed by atoms with Gasteiger partial charge in [-0.1, -0.05) is 17.3 Å². The Morgan fingerprint density at radius 3 is 2.56 bits per heavy atom. The quantitative estimate of drug-likeness (QED) is 0.344. The molecule has 0 fully saturated rings. The molecule has 0 saturated heterocycles. The summed E-state index contributed by atoms with van der Waals surface area (Å²) in [5.74, 6) is -3.61. The molecule has 9 nitrogen and oxygen atoms in total. The fraction of sp³-hybridized carbons (Fsp3) is 0.312. The molecule has 0 bridgehead atoms. The van der Waals surface area contributed by atoms with E-state index in [9.17, 15) is 19.6 Å². The minimum absolute atomic E-state index is 0.00233. The molecule has 1 atom stereocenters. The van der Waals surface area contributed by atoms with Crippen molar-refractivity contribution in [2.24, 2.45) is 5.16 Å². The van der Waals surface area contributed by atoms with Crippen molar-refractivity contribution in [1.29, 1.82) is 0 Å². The summed E-state index contributed by atoms with van der Waals surface area (Å²) in [5, 5.41) is 12.1. The Labute approximate surface area is 142 Å². The van der Waals surface area contributed by atoms with Gasteiger partial charge in [-0.2, -0.15) is 0 Å². The Bertz CT molecular complexity index is 874. The molecule has 2 aromatic rings. The van der Waals surface area contributed by atoms with Gasteiger partial charge in [0.1, 0.15) is 5.69 Å². The smallest absolute Gasteiger partial charge is 0.357 e. The van der Waals surface area contributed by atoms with Crippen LogP contribution < -0.4 is 5.56 Å². The first-order valence-corrected chi connectivity index (χ1v) is 7.58. The number of esters is 2. The van der Waals surface area contributed by atoms with Gasteiger partial charge in [0.25, 0.3) is 5.56 Å². The number of hydrogen-bond donors (Lipinski definition) is 2. The molecule has 0 saturated carbocycles. The largest absolute Gasteiger partial charge is 0.465 e. The topological polar surface area (TPSA) is 131 Å². The van der Waals surface area contributed by atoms with E-state index in [0.717, 1.165) is 0 Å². The Morgan fingerprint density at radius 2 is 1.92 bits per heavy atom. The molecule has 0 aliphatic rings. The van der Waals surface area contributed by atoms with E-state index in [-0.39, 0.29) is 18.9 Å². The van der Waals surface area contributed by atoms with Gasteiger partial charge in [0.15, 0.2) is 11.6 Å². The van der Waals surface area contributed by atoms with Crippen LogP contribution in [0.5, 0.6) is 0 Å². The highest BCUT2D eigenvalue weighted by atomic mass is 16.5. The van der Waals surface area contributed by atoms with E-state index in [4.69, 9.17) is 9.47 Å². The maximum absolute atomic E-state index is 12.4. The number of fused-ring (bicyclic) bond motifs is 1. The van der Waals surface area contributed by atoms with Gasteiger partial charge in [0.05, 0.1) is 24.2 Å².